The molecule has 23 heavy (non-hydrogen) atoms. The van der Waals surface area contributed by atoms with Crippen molar-refractivity contribution >= 4 is 23.2 Å². The molecule has 2 aromatic carbocycles. The zero-order valence-corrected chi connectivity index (χ0v) is 14.1. The van der Waals surface area contributed by atoms with E-state index in [4.69, 9.17) is 17.0 Å². The van der Waals surface area contributed by atoms with Crippen LogP contribution in [0.4, 0.5) is 0 Å². The van der Waals surface area contributed by atoms with Crippen molar-refractivity contribution in [1.82, 2.24) is 10.6 Å². The SMILES string of the molecule is CCOc1ccc(C(=O)NC(=S)NCc2ccc(C)cc2)cc1. The van der Waals surface area contributed by atoms with Gasteiger partial charge in [-0.1, -0.05) is 29.8 Å². The van der Waals surface area contributed by atoms with Crippen LogP contribution >= 0.6 is 12.2 Å². The largest absolute Gasteiger partial charge is 0.494 e. The van der Waals surface area contributed by atoms with Crippen LogP contribution in [-0.2, 0) is 6.54 Å². The molecule has 0 aliphatic heterocycles. The highest BCUT2D eigenvalue weighted by molar-refractivity contribution is 7.80. The molecule has 0 aromatic heterocycles. The van der Waals surface area contributed by atoms with Crippen LogP contribution in [0.25, 0.3) is 0 Å². The van der Waals surface area contributed by atoms with Crippen molar-refractivity contribution in [2.75, 3.05) is 6.61 Å². The average molecular weight is 328 g/mol. The predicted molar refractivity (Wildman–Crippen MR) is 95.7 cm³/mol. The predicted octanol–water partition coefficient (Wildman–Crippen LogP) is 3.20. The number of hydrogen-bond donors (Lipinski definition) is 2. The number of aryl methyl sites for hydroxylation is 1. The Morgan fingerprint density at radius 2 is 1.74 bits per heavy atom. The maximum Gasteiger partial charge on any atom is 0.257 e. The van der Waals surface area contributed by atoms with Crippen molar-refractivity contribution in [3.63, 3.8) is 0 Å². The fraction of sp³-hybridized carbons (Fsp3) is 0.222. The minimum Gasteiger partial charge on any atom is -0.494 e. The fourth-order valence-electron chi connectivity index (χ4n) is 1.98. The van der Waals surface area contributed by atoms with Crippen molar-refractivity contribution in [2.24, 2.45) is 0 Å². The van der Waals surface area contributed by atoms with E-state index in [1.165, 1.54) is 5.56 Å². The fourth-order valence-corrected chi connectivity index (χ4v) is 2.14. The third-order valence-electron chi connectivity index (χ3n) is 3.23. The number of nitrogens with one attached hydrogen (secondary N) is 2. The van der Waals surface area contributed by atoms with E-state index in [1.807, 2.05) is 38.1 Å². The van der Waals surface area contributed by atoms with Crippen molar-refractivity contribution in [3.8, 4) is 5.75 Å². The van der Waals surface area contributed by atoms with E-state index in [-0.39, 0.29) is 5.91 Å². The van der Waals surface area contributed by atoms with E-state index >= 15 is 0 Å². The number of ether oxygens (including phenoxy) is 1. The molecule has 0 atom stereocenters. The second-order valence-corrected chi connectivity index (χ2v) is 5.49. The monoisotopic (exact) mass is 328 g/mol. The van der Waals surface area contributed by atoms with Crippen LogP contribution in [0.1, 0.15) is 28.4 Å². The molecular formula is C18H20N2O2S. The van der Waals surface area contributed by atoms with E-state index in [1.54, 1.807) is 24.3 Å². The first-order valence-electron chi connectivity index (χ1n) is 7.46. The number of rotatable bonds is 5. The van der Waals surface area contributed by atoms with Gasteiger partial charge in [0, 0.05) is 12.1 Å². The molecule has 0 saturated carbocycles. The van der Waals surface area contributed by atoms with Crippen molar-refractivity contribution in [2.45, 2.75) is 20.4 Å². The smallest absolute Gasteiger partial charge is 0.257 e. The molecule has 0 aliphatic rings. The second kappa shape index (κ2) is 8.29. The van der Waals surface area contributed by atoms with Crippen LogP contribution < -0.4 is 15.4 Å². The molecule has 0 unspecified atom stereocenters. The Balaban J connectivity index is 1.84. The molecule has 0 fully saturated rings. The van der Waals surface area contributed by atoms with Crippen LogP contribution in [-0.4, -0.2) is 17.6 Å². The van der Waals surface area contributed by atoms with Crippen LogP contribution in [0.5, 0.6) is 5.75 Å². The van der Waals surface area contributed by atoms with E-state index in [0.717, 1.165) is 11.3 Å². The molecule has 0 saturated heterocycles. The first-order valence-corrected chi connectivity index (χ1v) is 7.87. The van der Waals surface area contributed by atoms with Gasteiger partial charge in [0.15, 0.2) is 5.11 Å². The molecule has 2 rings (SSSR count). The van der Waals surface area contributed by atoms with Gasteiger partial charge in [-0.25, -0.2) is 0 Å². The van der Waals surface area contributed by atoms with Gasteiger partial charge in [-0.3, -0.25) is 10.1 Å². The molecular weight excluding hydrogens is 308 g/mol. The van der Waals surface area contributed by atoms with Gasteiger partial charge < -0.3 is 10.1 Å². The minimum atomic E-state index is -0.241. The van der Waals surface area contributed by atoms with E-state index in [9.17, 15) is 4.79 Å². The Morgan fingerprint density at radius 1 is 1.09 bits per heavy atom. The average Bonchev–Trinajstić information content (AvgIpc) is 2.55. The molecule has 2 aromatic rings. The molecule has 120 valence electrons. The Labute approximate surface area is 141 Å². The third kappa shape index (κ3) is 5.38. The Bertz CT molecular complexity index is 666. The lowest BCUT2D eigenvalue weighted by molar-refractivity contribution is 0.0976. The van der Waals surface area contributed by atoms with Crippen LogP contribution in [0, 0.1) is 6.92 Å². The van der Waals surface area contributed by atoms with Gasteiger partial charge in [0.25, 0.3) is 5.91 Å². The molecule has 2 N–H and O–H groups in total. The molecule has 4 nitrogen and oxygen atoms in total. The van der Waals surface area contributed by atoms with Crippen molar-refractivity contribution in [3.05, 3.63) is 65.2 Å². The van der Waals surface area contributed by atoms with Gasteiger partial charge in [0.2, 0.25) is 0 Å². The van der Waals surface area contributed by atoms with E-state index in [0.29, 0.717) is 23.8 Å². The lowest BCUT2D eigenvalue weighted by Gasteiger charge is -2.10. The first kappa shape index (κ1) is 17.0. The highest BCUT2D eigenvalue weighted by Crippen LogP contribution is 2.11. The molecule has 1 amide bonds. The summed E-state index contributed by atoms with van der Waals surface area (Å²) in [4.78, 5) is 12.1. The van der Waals surface area contributed by atoms with Gasteiger partial charge in [-0.15, -0.1) is 0 Å². The van der Waals surface area contributed by atoms with Gasteiger partial charge >= 0.3 is 0 Å². The summed E-state index contributed by atoms with van der Waals surface area (Å²) in [5.41, 5.74) is 2.85. The molecule has 5 heteroatoms. The summed E-state index contributed by atoms with van der Waals surface area (Å²) in [6, 6.07) is 15.1. The highest BCUT2D eigenvalue weighted by Gasteiger charge is 2.07. The van der Waals surface area contributed by atoms with Crippen LogP contribution in [0.2, 0.25) is 0 Å². The quantitative estimate of drug-likeness (QED) is 0.828. The lowest BCUT2D eigenvalue weighted by atomic mass is 10.1. The number of carbonyl (C=O) groups is 1. The van der Waals surface area contributed by atoms with E-state index < -0.39 is 0 Å². The molecule has 0 aliphatic carbocycles. The third-order valence-corrected chi connectivity index (χ3v) is 3.47. The topological polar surface area (TPSA) is 50.4 Å². The van der Waals surface area contributed by atoms with Gasteiger partial charge in [-0.05, 0) is 55.9 Å². The summed E-state index contributed by atoms with van der Waals surface area (Å²) in [6.45, 7) is 5.12. The van der Waals surface area contributed by atoms with Gasteiger partial charge in [0.05, 0.1) is 6.61 Å². The summed E-state index contributed by atoms with van der Waals surface area (Å²) in [5.74, 6) is 0.499. The minimum absolute atomic E-state index is 0.241. The first-order chi connectivity index (χ1) is 11.1. The molecule has 0 bridgehead atoms. The summed E-state index contributed by atoms with van der Waals surface area (Å²) in [5, 5.41) is 6.01. The van der Waals surface area contributed by atoms with Crippen molar-refractivity contribution < 1.29 is 9.53 Å². The molecule has 0 spiro atoms. The maximum absolute atomic E-state index is 12.1. The van der Waals surface area contributed by atoms with Gasteiger partial charge in [-0.2, -0.15) is 0 Å². The van der Waals surface area contributed by atoms with Crippen LogP contribution in [0.15, 0.2) is 48.5 Å². The zero-order chi connectivity index (χ0) is 16.7. The molecule has 0 heterocycles. The number of thiocarbonyl (C=S) groups is 1. The number of carbonyl (C=O) groups excluding carboxylic acids is 1. The van der Waals surface area contributed by atoms with Crippen molar-refractivity contribution in [1.29, 1.82) is 0 Å². The summed E-state index contributed by atoms with van der Waals surface area (Å²) in [7, 11) is 0. The number of amides is 1. The summed E-state index contributed by atoms with van der Waals surface area (Å²) >= 11 is 5.15. The molecule has 0 radical (unpaired) electrons. The Morgan fingerprint density at radius 3 is 2.35 bits per heavy atom. The summed E-state index contributed by atoms with van der Waals surface area (Å²) < 4.78 is 5.35. The Hall–Kier alpha value is -2.40. The van der Waals surface area contributed by atoms with Crippen LogP contribution in [0.3, 0.4) is 0 Å². The number of hydrogen-bond acceptors (Lipinski definition) is 3. The maximum atomic E-state index is 12.1. The van der Waals surface area contributed by atoms with Gasteiger partial charge in [0.1, 0.15) is 5.75 Å². The zero-order valence-electron chi connectivity index (χ0n) is 13.3. The highest BCUT2D eigenvalue weighted by atomic mass is 32.1. The Kier molecular flexibility index (Phi) is 6.11. The van der Waals surface area contributed by atoms with E-state index in [2.05, 4.69) is 10.6 Å². The number of benzene rings is 2. The lowest BCUT2D eigenvalue weighted by Crippen LogP contribution is -2.38. The summed E-state index contributed by atoms with van der Waals surface area (Å²) in [6.07, 6.45) is 0. The second-order valence-electron chi connectivity index (χ2n) is 5.08. The normalized spacial score (nSPS) is 10.0. The standard InChI is InChI=1S/C18H20N2O2S/c1-3-22-16-10-8-15(9-11-16)17(21)20-18(23)19-12-14-6-4-13(2)5-7-14/h4-11H,3,12H2,1-2H3,(H2,19,20,21,23).